The summed E-state index contributed by atoms with van der Waals surface area (Å²) in [5.41, 5.74) is -3.64. The van der Waals surface area contributed by atoms with Gasteiger partial charge >= 0.3 is 12.2 Å². The highest BCUT2D eigenvalue weighted by molar-refractivity contribution is 5.74. The molecule has 10 heteroatoms. The molecule has 1 aromatic heterocycles. The molecule has 0 saturated carbocycles. The van der Waals surface area contributed by atoms with E-state index in [1.54, 1.807) is 0 Å². The van der Waals surface area contributed by atoms with Gasteiger partial charge in [-0.1, -0.05) is 0 Å². The molecule has 1 atom stereocenters. The molecule has 1 aromatic rings. The summed E-state index contributed by atoms with van der Waals surface area (Å²) < 4.78 is 46.8. The summed E-state index contributed by atoms with van der Waals surface area (Å²) in [6.45, 7) is 4.37. The zero-order valence-electron chi connectivity index (χ0n) is 14.4. The summed E-state index contributed by atoms with van der Waals surface area (Å²) in [4.78, 5) is 17.2. The van der Waals surface area contributed by atoms with Crippen LogP contribution in [0.2, 0.25) is 0 Å². The third-order valence-corrected chi connectivity index (χ3v) is 4.14. The van der Waals surface area contributed by atoms with E-state index in [2.05, 4.69) is 10.3 Å². The number of amides is 2. The second-order valence-corrected chi connectivity index (χ2v) is 6.73. The van der Waals surface area contributed by atoms with E-state index in [4.69, 9.17) is 4.74 Å². The third kappa shape index (κ3) is 4.24. The Morgan fingerprint density at radius 3 is 2.68 bits per heavy atom. The molecule has 2 rings (SSSR count). The molecule has 1 aliphatic rings. The van der Waals surface area contributed by atoms with Crippen molar-refractivity contribution in [2.75, 3.05) is 26.2 Å². The number of carbonyl (C=O) groups excluding carboxylic acids is 1. The lowest BCUT2D eigenvalue weighted by Gasteiger charge is -2.38. The average Bonchev–Trinajstić information content (AvgIpc) is 2.91. The van der Waals surface area contributed by atoms with Gasteiger partial charge in [0.25, 0.3) is 0 Å². The minimum Gasteiger partial charge on any atom is -0.374 e. The fourth-order valence-corrected chi connectivity index (χ4v) is 2.80. The average molecular weight is 364 g/mol. The fraction of sp³-hybridized carbons (Fsp3) is 0.733. The van der Waals surface area contributed by atoms with Crippen LogP contribution < -0.4 is 5.32 Å². The molecule has 0 aliphatic carbocycles. The maximum atomic E-state index is 13.4. The number of hydrogen-bond acceptors (Lipinski definition) is 4. The van der Waals surface area contributed by atoms with E-state index in [-0.39, 0.29) is 6.54 Å². The van der Waals surface area contributed by atoms with Crippen molar-refractivity contribution in [2.24, 2.45) is 7.05 Å². The van der Waals surface area contributed by atoms with E-state index < -0.39 is 35.7 Å². The van der Waals surface area contributed by atoms with Crippen molar-refractivity contribution < 1.29 is 27.8 Å². The number of morpholine rings is 1. The Labute approximate surface area is 143 Å². The van der Waals surface area contributed by atoms with Crippen LogP contribution in [0.5, 0.6) is 0 Å². The number of hydrogen-bond donors (Lipinski definition) is 2. The normalized spacial score (nSPS) is 20.2. The van der Waals surface area contributed by atoms with Gasteiger partial charge in [0, 0.05) is 39.0 Å². The quantitative estimate of drug-likeness (QED) is 0.846. The number of aliphatic hydroxyl groups is 1. The van der Waals surface area contributed by atoms with Crippen LogP contribution in [-0.4, -0.2) is 63.6 Å². The zero-order valence-corrected chi connectivity index (χ0v) is 14.4. The summed E-state index contributed by atoms with van der Waals surface area (Å²) >= 11 is 0. The first-order valence-corrected chi connectivity index (χ1v) is 7.90. The SMILES string of the molecule is Cn1ccnc1C(O)(CCNC(=O)N1CCOC(C)(C)C1)C(F)(F)F. The number of imidazole rings is 1. The topological polar surface area (TPSA) is 79.6 Å². The number of ether oxygens (including phenoxy) is 1. The van der Waals surface area contributed by atoms with E-state index >= 15 is 0 Å². The van der Waals surface area contributed by atoms with Gasteiger partial charge in [0.05, 0.1) is 18.8 Å². The van der Waals surface area contributed by atoms with E-state index in [0.717, 1.165) is 4.57 Å². The minimum absolute atomic E-state index is 0.335. The number of carbonyl (C=O) groups is 1. The van der Waals surface area contributed by atoms with Crippen molar-refractivity contribution in [3.8, 4) is 0 Å². The smallest absolute Gasteiger partial charge is 0.374 e. The Morgan fingerprint density at radius 1 is 1.48 bits per heavy atom. The van der Waals surface area contributed by atoms with Crippen LogP contribution in [0.15, 0.2) is 12.4 Å². The van der Waals surface area contributed by atoms with Crippen molar-refractivity contribution in [2.45, 2.75) is 37.6 Å². The molecule has 2 heterocycles. The van der Waals surface area contributed by atoms with Crippen molar-refractivity contribution in [3.63, 3.8) is 0 Å². The van der Waals surface area contributed by atoms with Crippen LogP contribution in [0.1, 0.15) is 26.1 Å². The molecule has 0 radical (unpaired) electrons. The van der Waals surface area contributed by atoms with E-state index in [9.17, 15) is 23.1 Å². The molecule has 0 bridgehead atoms. The summed E-state index contributed by atoms with van der Waals surface area (Å²) in [7, 11) is 1.37. The number of nitrogens with one attached hydrogen (secondary N) is 1. The maximum absolute atomic E-state index is 13.4. The van der Waals surface area contributed by atoms with Gasteiger partial charge in [0.1, 0.15) is 5.82 Å². The van der Waals surface area contributed by atoms with Gasteiger partial charge in [0.2, 0.25) is 5.60 Å². The molecule has 1 fully saturated rings. The predicted octanol–water partition coefficient (Wildman–Crippen LogP) is 1.38. The zero-order chi connectivity index (χ0) is 18.9. The first-order chi connectivity index (χ1) is 11.5. The first kappa shape index (κ1) is 19.5. The van der Waals surface area contributed by atoms with Crippen LogP contribution in [-0.2, 0) is 17.4 Å². The number of rotatable bonds is 4. The Bertz CT molecular complexity index is 617. The minimum atomic E-state index is -4.92. The summed E-state index contributed by atoms with van der Waals surface area (Å²) in [5.74, 6) is -0.512. The van der Waals surface area contributed by atoms with E-state index in [1.807, 2.05) is 13.8 Å². The molecule has 2 amide bonds. The van der Waals surface area contributed by atoms with Gasteiger partial charge in [-0.3, -0.25) is 0 Å². The molecule has 142 valence electrons. The molecule has 1 aliphatic heterocycles. The highest BCUT2D eigenvalue weighted by Gasteiger charge is 2.57. The van der Waals surface area contributed by atoms with Gasteiger partial charge in [-0.2, -0.15) is 13.2 Å². The standard InChI is InChI=1S/C15H23F3N4O3/c1-13(2)10-22(8-9-25-13)12(23)20-5-4-14(24,15(16,17)18)11-19-6-7-21(11)3/h6-7,24H,4-5,8-10H2,1-3H3,(H,20,23). The van der Waals surface area contributed by atoms with Crippen molar-refractivity contribution in [1.29, 1.82) is 0 Å². The highest BCUT2D eigenvalue weighted by Crippen LogP contribution is 2.40. The van der Waals surface area contributed by atoms with Crippen LogP contribution in [0.4, 0.5) is 18.0 Å². The molecular formula is C15H23F3N4O3. The van der Waals surface area contributed by atoms with Crippen LogP contribution >= 0.6 is 0 Å². The third-order valence-electron chi connectivity index (χ3n) is 4.14. The molecule has 2 N–H and O–H groups in total. The number of aromatic nitrogens is 2. The fourth-order valence-electron chi connectivity index (χ4n) is 2.80. The summed E-state index contributed by atoms with van der Waals surface area (Å²) in [6.07, 6.45) is -3.15. The summed E-state index contributed by atoms with van der Waals surface area (Å²) in [6, 6.07) is -0.485. The lowest BCUT2D eigenvalue weighted by Crippen LogP contribution is -2.54. The second-order valence-electron chi connectivity index (χ2n) is 6.73. The number of halogens is 3. The van der Waals surface area contributed by atoms with Gasteiger partial charge < -0.3 is 24.6 Å². The van der Waals surface area contributed by atoms with E-state index in [1.165, 1.54) is 24.3 Å². The molecular weight excluding hydrogens is 341 g/mol. The second kappa shape index (κ2) is 6.83. The Balaban J connectivity index is 2.00. The van der Waals surface area contributed by atoms with Gasteiger partial charge in [-0.15, -0.1) is 0 Å². The van der Waals surface area contributed by atoms with Crippen LogP contribution in [0, 0.1) is 0 Å². The number of nitrogens with zero attached hydrogens (tertiary/aromatic N) is 3. The lowest BCUT2D eigenvalue weighted by molar-refractivity contribution is -0.272. The number of urea groups is 1. The van der Waals surface area contributed by atoms with Gasteiger partial charge in [-0.25, -0.2) is 9.78 Å². The Kier molecular flexibility index (Phi) is 5.33. The van der Waals surface area contributed by atoms with Crippen LogP contribution in [0.25, 0.3) is 0 Å². The number of aryl methyl sites for hydroxylation is 1. The monoisotopic (exact) mass is 364 g/mol. The summed E-state index contributed by atoms with van der Waals surface area (Å²) in [5, 5.41) is 12.6. The Hall–Kier alpha value is -1.81. The van der Waals surface area contributed by atoms with Gasteiger partial charge in [-0.05, 0) is 13.8 Å². The number of alkyl halides is 3. The van der Waals surface area contributed by atoms with Crippen molar-refractivity contribution in [3.05, 3.63) is 18.2 Å². The lowest BCUT2D eigenvalue weighted by atomic mass is 9.97. The highest BCUT2D eigenvalue weighted by atomic mass is 19.4. The van der Waals surface area contributed by atoms with Crippen molar-refractivity contribution in [1.82, 2.24) is 19.8 Å². The van der Waals surface area contributed by atoms with Crippen LogP contribution in [0.3, 0.4) is 0 Å². The maximum Gasteiger partial charge on any atom is 0.424 e. The first-order valence-electron chi connectivity index (χ1n) is 7.90. The molecule has 7 nitrogen and oxygen atoms in total. The van der Waals surface area contributed by atoms with E-state index in [0.29, 0.717) is 19.7 Å². The molecule has 0 aromatic carbocycles. The van der Waals surface area contributed by atoms with Gasteiger partial charge in [0.15, 0.2) is 0 Å². The molecule has 25 heavy (non-hydrogen) atoms. The molecule has 1 unspecified atom stereocenters. The molecule has 0 spiro atoms. The molecule has 1 saturated heterocycles. The Morgan fingerprint density at radius 2 is 2.16 bits per heavy atom. The largest absolute Gasteiger partial charge is 0.424 e. The predicted molar refractivity (Wildman–Crippen MR) is 82.8 cm³/mol. The van der Waals surface area contributed by atoms with Crippen molar-refractivity contribution >= 4 is 6.03 Å².